The Morgan fingerprint density at radius 2 is 0.308 bits per heavy atom. The van der Waals surface area contributed by atoms with Crippen LogP contribution in [0.3, 0.4) is 0 Å². The van der Waals surface area contributed by atoms with Gasteiger partial charge < -0.3 is 69.0 Å². The topological polar surface area (TPSA) is 373 Å². The van der Waals surface area contributed by atoms with E-state index in [1.165, 1.54) is 0 Å². The highest BCUT2D eigenvalue weighted by atomic mass is 16.6. The predicted octanol–water partition coefficient (Wildman–Crippen LogP) is 12.6. The standard InChI is InChI=1S/C80H140N4O23/c1-68(2,3)99-59(90)33-45-78(46-34-60(91)100-69(4,5)6,47-35-61(92)101-70(7,8)9)82-56(87)30-42-77(81-55(86)29-28-54-85,43-31-57(88)83-79(48-36-62(93)102-71(10,11)12,49-37-63(94)103-72(13,14)15)50-38-64(95)104-73(16,17)18)44-32-58(89)84-80(51-39-65(96)105-74(19,20)21,52-40-66(97)106-75(22,23)24)53-41-67(98)107-76(25,26)27/h85H,28-54H2,1-27H3,(H,81,86)(H,82,87)(H,83,88)(H,84,89). The number of ether oxygens (including phenoxy) is 9. The Balaban J connectivity index is 9.10. The molecule has 5 N–H and O–H groups in total. The molecule has 0 atom stereocenters. The number of hydrogen-bond acceptors (Lipinski definition) is 23. The maximum Gasteiger partial charge on any atom is 0.306 e. The van der Waals surface area contributed by atoms with E-state index in [0.717, 1.165) is 0 Å². The smallest absolute Gasteiger partial charge is 0.306 e. The van der Waals surface area contributed by atoms with E-state index in [0.29, 0.717) is 0 Å². The fourth-order valence-electron chi connectivity index (χ4n) is 11.6. The second kappa shape index (κ2) is 42.3. The van der Waals surface area contributed by atoms with Crippen molar-refractivity contribution < 1.29 is 110 Å². The highest BCUT2D eigenvalue weighted by Crippen LogP contribution is 2.35. The van der Waals surface area contributed by atoms with Crippen LogP contribution >= 0.6 is 0 Å². The first kappa shape index (κ1) is 100. The first-order chi connectivity index (χ1) is 48.2. The normalized spacial score (nSPS) is 13.0. The lowest BCUT2D eigenvalue weighted by molar-refractivity contribution is -0.158. The summed E-state index contributed by atoms with van der Waals surface area (Å²) in [6.45, 7) is 44.9. The van der Waals surface area contributed by atoms with Gasteiger partial charge in [-0.1, -0.05) is 0 Å². The highest BCUT2D eigenvalue weighted by Gasteiger charge is 2.43. The second-order valence-corrected chi connectivity index (χ2v) is 37.4. The summed E-state index contributed by atoms with van der Waals surface area (Å²) in [5, 5.41) is 22.3. The Kier molecular flexibility index (Phi) is 39.6. The van der Waals surface area contributed by atoms with Crippen LogP contribution in [0.25, 0.3) is 0 Å². The highest BCUT2D eigenvalue weighted by molar-refractivity contribution is 5.82. The summed E-state index contributed by atoms with van der Waals surface area (Å²) < 4.78 is 51.3. The minimum Gasteiger partial charge on any atom is -0.460 e. The van der Waals surface area contributed by atoms with Gasteiger partial charge in [0.1, 0.15) is 50.4 Å². The Bertz CT molecular complexity index is 2410. The maximum atomic E-state index is 15.3. The van der Waals surface area contributed by atoms with Crippen molar-refractivity contribution in [2.75, 3.05) is 6.61 Å². The minimum absolute atomic E-state index is 0.0518. The van der Waals surface area contributed by atoms with Gasteiger partial charge in [0.05, 0.1) is 0 Å². The monoisotopic (exact) mass is 1520 g/mol. The first-order valence-corrected chi connectivity index (χ1v) is 38.0. The zero-order valence-corrected chi connectivity index (χ0v) is 70.5. The lowest BCUT2D eigenvalue weighted by atomic mass is 9.80. The number of carbonyl (C=O) groups is 13. The average molecular weight is 1530 g/mol. The van der Waals surface area contributed by atoms with Gasteiger partial charge in [0, 0.05) is 112 Å². The summed E-state index contributed by atoms with van der Waals surface area (Å²) in [4.78, 5) is 183. The van der Waals surface area contributed by atoms with E-state index < -0.39 is 176 Å². The van der Waals surface area contributed by atoms with Crippen molar-refractivity contribution in [1.29, 1.82) is 0 Å². The van der Waals surface area contributed by atoms with Gasteiger partial charge >= 0.3 is 53.7 Å². The van der Waals surface area contributed by atoms with Crippen molar-refractivity contribution in [3.05, 3.63) is 0 Å². The molecular formula is C80H140N4O23. The van der Waals surface area contributed by atoms with Crippen molar-refractivity contribution in [2.24, 2.45) is 0 Å². The summed E-state index contributed by atoms with van der Waals surface area (Å²) in [5.74, 6) is -8.77. The van der Waals surface area contributed by atoms with Crippen molar-refractivity contribution >= 4 is 77.4 Å². The summed E-state index contributed by atoms with van der Waals surface area (Å²) >= 11 is 0. The molecule has 0 unspecified atom stereocenters. The molecule has 0 aliphatic heterocycles. The quantitative estimate of drug-likeness (QED) is 0.0280. The van der Waals surface area contributed by atoms with Gasteiger partial charge in [-0.2, -0.15) is 0 Å². The van der Waals surface area contributed by atoms with E-state index >= 15 is 14.4 Å². The fraction of sp³-hybridized carbons (Fsp3) is 0.838. The van der Waals surface area contributed by atoms with Crippen LogP contribution in [0.15, 0.2) is 0 Å². The molecule has 0 saturated carbocycles. The van der Waals surface area contributed by atoms with Gasteiger partial charge in [0.15, 0.2) is 0 Å². The fourth-order valence-corrected chi connectivity index (χ4v) is 11.6. The van der Waals surface area contributed by atoms with Crippen LogP contribution in [-0.4, -0.2) is 162 Å². The molecule has 0 heterocycles. The van der Waals surface area contributed by atoms with Gasteiger partial charge in [-0.3, -0.25) is 62.3 Å². The van der Waals surface area contributed by atoms with Crippen molar-refractivity contribution in [3.8, 4) is 0 Å². The zero-order chi connectivity index (χ0) is 83.3. The van der Waals surface area contributed by atoms with E-state index in [4.69, 9.17) is 42.6 Å². The van der Waals surface area contributed by atoms with Gasteiger partial charge in [-0.15, -0.1) is 0 Å². The number of carbonyl (C=O) groups excluding carboxylic acids is 13. The molecule has 0 rings (SSSR count). The van der Waals surface area contributed by atoms with Crippen molar-refractivity contribution in [1.82, 2.24) is 21.3 Å². The summed E-state index contributed by atoms with van der Waals surface area (Å²) in [6, 6.07) is 0. The molecular weight excluding hydrogens is 1380 g/mol. The van der Waals surface area contributed by atoms with Gasteiger partial charge in [-0.05, 0) is 270 Å². The van der Waals surface area contributed by atoms with E-state index in [-0.39, 0.29) is 148 Å². The van der Waals surface area contributed by atoms with Crippen LogP contribution < -0.4 is 21.3 Å². The SMILES string of the molecule is CC(C)(C)OC(=O)CCC(CCC(=O)OC(C)(C)C)(CCC(=O)OC(C)(C)C)NC(=O)CCC(CCC(=O)NC(CCC(=O)OC(C)(C)C)(CCC(=O)OC(C)(C)C)CCC(=O)OC(C)(C)C)(CCC(=O)NC(CCC(=O)OC(C)(C)C)(CCC(=O)OC(C)(C)C)CCC(=O)OC(C)(C)C)NC(=O)CCCO. The third-order valence-electron chi connectivity index (χ3n) is 15.7. The van der Waals surface area contributed by atoms with E-state index in [1.54, 1.807) is 187 Å². The van der Waals surface area contributed by atoms with Crippen LogP contribution in [0.5, 0.6) is 0 Å². The van der Waals surface area contributed by atoms with Crippen LogP contribution in [0.2, 0.25) is 0 Å². The second-order valence-electron chi connectivity index (χ2n) is 37.4. The molecule has 27 nitrogen and oxygen atoms in total. The summed E-state index contributed by atoms with van der Waals surface area (Å²) in [6.07, 6.45) is -7.29. The molecule has 0 aromatic rings. The molecule has 0 aromatic heterocycles. The third-order valence-corrected chi connectivity index (χ3v) is 15.7. The van der Waals surface area contributed by atoms with Crippen LogP contribution in [0.1, 0.15) is 354 Å². The average Bonchev–Trinajstić information content (AvgIpc) is 0.830. The molecule has 0 spiro atoms. The Labute approximate surface area is 639 Å². The molecule has 107 heavy (non-hydrogen) atoms. The molecule has 4 amide bonds. The van der Waals surface area contributed by atoms with E-state index in [2.05, 4.69) is 21.3 Å². The maximum absolute atomic E-state index is 15.3. The number of aliphatic hydroxyl groups is 1. The van der Waals surface area contributed by atoms with Crippen molar-refractivity contribution in [2.45, 2.75) is 426 Å². The molecule has 0 aliphatic rings. The summed E-state index contributed by atoms with van der Waals surface area (Å²) in [7, 11) is 0. The Morgan fingerprint density at radius 1 is 0.196 bits per heavy atom. The van der Waals surface area contributed by atoms with Gasteiger partial charge in [0.25, 0.3) is 0 Å². The first-order valence-electron chi connectivity index (χ1n) is 38.0. The number of amides is 4. The lowest BCUT2D eigenvalue weighted by Crippen LogP contribution is -2.54. The minimum atomic E-state index is -1.77. The number of esters is 9. The predicted molar refractivity (Wildman–Crippen MR) is 403 cm³/mol. The molecule has 0 saturated heterocycles. The van der Waals surface area contributed by atoms with Crippen LogP contribution in [-0.2, 0) is 105 Å². The number of hydrogen-bond donors (Lipinski definition) is 5. The molecule has 0 fully saturated rings. The van der Waals surface area contributed by atoms with E-state index in [1.807, 2.05) is 0 Å². The molecule has 0 aromatic carbocycles. The number of aliphatic hydroxyl groups excluding tert-OH is 1. The van der Waals surface area contributed by atoms with Crippen molar-refractivity contribution in [3.63, 3.8) is 0 Å². The molecule has 0 aliphatic carbocycles. The molecule has 0 bridgehead atoms. The van der Waals surface area contributed by atoms with E-state index in [9.17, 15) is 53.1 Å². The summed E-state index contributed by atoms with van der Waals surface area (Å²) in [5.41, 5.74) is -14.8. The number of rotatable bonds is 43. The molecule has 618 valence electrons. The van der Waals surface area contributed by atoms with Gasteiger partial charge in [0.2, 0.25) is 23.6 Å². The largest absolute Gasteiger partial charge is 0.460 e. The Morgan fingerprint density at radius 3 is 0.421 bits per heavy atom. The van der Waals surface area contributed by atoms with Gasteiger partial charge in [-0.25, -0.2) is 0 Å². The third kappa shape index (κ3) is 51.9. The zero-order valence-electron chi connectivity index (χ0n) is 70.5. The van der Waals surface area contributed by atoms with Crippen LogP contribution in [0, 0.1) is 0 Å². The molecule has 0 radical (unpaired) electrons. The lowest BCUT2D eigenvalue weighted by Gasteiger charge is -2.39. The number of nitrogens with one attached hydrogen (secondary N) is 4. The van der Waals surface area contributed by atoms with Crippen LogP contribution in [0.4, 0.5) is 0 Å². The molecule has 27 heteroatoms. The Hall–Kier alpha value is -6.93.